The predicted octanol–water partition coefficient (Wildman–Crippen LogP) is 3.96. The summed E-state index contributed by atoms with van der Waals surface area (Å²) in [5.41, 5.74) is 1.09. The Morgan fingerprint density at radius 3 is 2.52 bits per heavy atom. The number of benzene rings is 1. The van der Waals surface area contributed by atoms with Gasteiger partial charge in [0.2, 0.25) is 0 Å². The molecular formula is C16H23Cl3N2O2. The zero-order valence-electron chi connectivity index (χ0n) is 13.3. The van der Waals surface area contributed by atoms with Gasteiger partial charge in [0, 0.05) is 35.2 Å². The van der Waals surface area contributed by atoms with E-state index in [1.807, 2.05) is 24.1 Å². The maximum absolute atomic E-state index is 10.8. The van der Waals surface area contributed by atoms with Crippen molar-refractivity contribution in [3.8, 4) is 0 Å². The first-order valence-electron chi connectivity index (χ1n) is 7.49. The molecule has 1 saturated heterocycles. The fourth-order valence-corrected chi connectivity index (χ4v) is 3.66. The van der Waals surface area contributed by atoms with Crippen molar-refractivity contribution in [1.29, 1.82) is 0 Å². The Bertz CT molecular complexity index is 534. The Labute approximate surface area is 153 Å². The van der Waals surface area contributed by atoms with Crippen molar-refractivity contribution in [1.82, 2.24) is 9.80 Å². The van der Waals surface area contributed by atoms with Crippen molar-refractivity contribution < 1.29 is 9.90 Å². The summed E-state index contributed by atoms with van der Waals surface area (Å²) in [4.78, 5) is 15.1. The number of carboxylic acids is 1. The van der Waals surface area contributed by atoms with Crippen molar-refractivity contribution >= 4 is 41.6 Å². The van der Waals surface area contributed by atoms with E-state index < -0.39 is 5.97 Å². The molecule has 0 radical (unpaired) electrons. The highest BCUT2D eigenvalue weighted by Gasteiger charge is 2.27. The molecule has 0 aromatic heterocycles. The highest BCUT2D eigenvalue weighted by atomic mass is 35.5. The number of rotatable bonds is 5. The predicted molar refractivity (Wildman–Crippen MR) is 97.0 cm³/mol. The van der Waals surface area contributed by atoms with Gasteiger partial charge in [-0.2, -0.15) is 0 Å². The Balaban J connectivity index is 0.00000264. The lowest BCUT2D eigenvalue weighted by Crippen LogP contribution is -2.45. The van der Waals surface area contributed by atoms with Gasteiger partial charge >= 0.3 is 5.97 Å². The van der Waals surface area contributed by atoms with E-state index >= 15 is 0 Å². The molecule has 23 heavy (non-hydrogen) atoms. The standard InChI is InChI=1S/C16H22Cl2N2O2.ClH/c1-11(14-4-3-12(17)9-15(14)18)20-7-5-13(6-8-20)19(2)10-16(21)22;/h3-4,9,11,13H,5-8,10H2,1-2H3,(H,21,22);1H. The van der Waals surface area contributed by atoms with Crippen LogP contribution in [0.4, 0.5) is 0 Å². The van der Waals surface area contributed by atoms with Crippen molar-refractivity contribution in [3.63, 3.8) is 0 Å². The first-order chi connectivity index (χ1) is 10.4. The van der Waals surface area contributed by atoms with Gasteiger partial charge in [0.05, 0.1) is 6.54 Å². The van der Waals surface area contributed by atoms with Gasteiger partial charge in [0.1, 0.15) is 0 Å². The Hall–Kier alpha value is -0.520. The third-order valence-electron chi connectivity index (χ3n) is 4.47. The molecule has 0 saturated carbocycles. The fraction of sp³-hybridized carbons (Fsp3) is 0.562. The highest BCUT2D eigenvalue weighted by Crippen LogP contribution is 2.31. The van der Waals surface area contributed by atoms with Crippen molar-refractivity contribution in [2.24, 2.45) is 0 Å². The number of likely N-dealkylation sites (tertiary alicyclic amines) is 1. The van der Waals surface area contributed by atoms with E-state index in [9.17, 15) is 4.79 Å². The average Bonchev–Trinajstić information content (AvgIpc) is 2.46. The minimum atomic E-state index is -0.772. The first kappa shape index (κ1) is 20.5. The lowest BCUT2D eigenvalue weighted by molar-refractivity contribution is -0.138. The maximum Gasteiger partial charge on any atom is 0.317 e. The van der Waals surface area contributed by atoms with Crippen LogP contribution in [0.25, 0.3) is 0 Å². The summed E-state index contributed by atoms with van der Waals surface area (Å²) in [6.07, 6.45) is 1.94. The molecule has 0 bridgehead atoms. The lowest BCUT2D eigenvalue weighted by atomic mass is 9.99. The molecule has 4 nitrogen and oxygen atoms in total. The summed E-state index contributed by atoms with van der Waals surface area (Å²) in [5.74, 6) is -0.772. The molecule has 1 aliphatic heterocycles. The third kappa shape index (κ3) is 5.50. The minimum Gasteiger partial charge on any atom is -0.480 e. The molecule has 0 spiro atoms. The highest BCUT2D eigenvalue weighted by molar-refractivity contribution is 6.35. The molecule has 1 unspecified atom stereocenters. The van der Waals surface area contributed by atoms with Gasteiger partial charge in [0.15, 0.2) is 0 Å². The largest absolute Gasteiger partial charge is 0.480 e. The first-order valence-corrected chi connectivity index (χ1v) is 8.25. The number of hydrogen-bond donors (Lipinski definition) is 1. The van der Waals surface area contributed by atoms with Gasteiger partial charge in [-0.15, -0.1) is 12.4 Å². The molecular weight excluding hydrogens is 359 g/mol. The summed E-state index contributed by atoms with van der Waals surface area (Å²) in [6, 6.07) is 6.20. The zero-order chi connectivity index (χ0) is 16.3. The maximum atomic E-state index is 10.8. The molecule has 1 N–H and O–H groups in total. The smallest absolute Gasteiger partial charge is 0.317 e. The number of halogens is 3. The van der Waals surface area contributed by atoms with Crippen molar-refractivity contribution in [2.45, 2.75) is 31.8 Å². The second-order valence-electron chi connectivity index (χ2n) is 5.92. The Morgan fingerprint density at radius 2 is 2.00 bits per heavy atom. The molecule has 0 amide bonds. The summed E-state index contributed by atoms with van der Waals surface area (Å²) in [7, 11) is 1.88. The van der Waals surface area contributed by atoms with E-state index in [-0.39, 0.29) is 25.0 Å². The van der Waals surface area contributed by atoms with Crippen LogP contribution in [0.2, 0.25) is 10.0 Å². The number of hydrogen-bond acceptors (Lipinski definition) is 3. The lowest BCUT2D eigenvalue weighted by Gasteiger charge is -2.39. The molecule has 1 atom stereocenters. The van der Waals surface area contributed by atoms with Gasteiger partial charge in [-0.1, -0.05) is 29.3 Å². The second-order valence-corrected chi connectivity index (χ2v) is 6.76. The van der Waals surface area contributed by atoms with Gasteiger partial charge in [-0.25, -0.2) is 0 Å². The van der Waals surface area contributed by atoms with Gasteiger partial charge in [-0.05, 0) is 44.5 Å². The van der Waals surface area contributed by atoms with Gasteiger partial charge in [0.25, 0.3) is 0 Å². The molecule has 2 rings (SSSR count). The monoisotopic (exact) mass is 380 g/mol. The molecule has 1 aromatic carbocycles. The number of likely N-dealkylation sites (N-methyl/N-ethyl adjacent to an activating group) is 1. The minimum absolute atomic E-state index is 0. The van der Waals surface area contributed by atoms with Crippen LogP contribution in [-0.4, -0.2) is 53.6 Å². The van der Waals surface area contributed by atoms with Gasteiger partial charge in [-0.3, -0.25) is 14.6 Å². The van der Waals surface area contributed by atoms with E-state index in [0.717, 1.165) is 31.5 Å². The summed E-state index contributed by atoms with van der Waals surface area (Å²) in [5, 5.41) is 10.2. The van der Waals surface area contributed by atoms with Crippen molar-refractivity contribution in [3.05, 3.63) is 33.8 Å². The van der Waals surface area contributed by atoms with Crippen LogP contribution in [0.1, 0.15) is 31.4 Å². The van der Waals surface area contributed by atoms with Crippen LogP contribution < -0.4 is 0 Å². The topological polar surface area (TPSA) is 43.8 Å². The molecule has 1 fully saturated rings. The molecule has 1 aromatic rings. The molecule has 7 heteroatoms. The van der Waals surface area contributed by atoms with Gasteiger partial charge < -0.3 is 5.11 Å². The van der Waals surface area contributed by atoms with E-state index in [1.54, 1.807) is 6.07 Å². The number of nitrogens with zero attached hydrogens (tertiary/aromatic N) is 2. The van der Waals surface area contributed by atoms with E-state index in [4.69, 9.17) is 28.3 Å². The van der Waals surface area contributed by atoms with E-state index in [2.05, 4.69) is 11.8 Å². The van der Waals surface area contributed by atoms with E-state index in [0.29, 0.717) is 16.1 Å². The Kier molecular flexibility index (Phi) is 8.11. The fourth-order valence-electron chi connectivity index (χ4n) is 3.09. The Morgan fingerprint density at radius 1 is 1.39 bits per heavy atom. The quantitative estimate of drug-likeness (QED) is 0.838. The molecule has 130 valence electrons. The third-order valence-corrected chi connectivity index (χ3v) is 5.03. The summed E-state index contributed by atoms with van der Waals surface area (Å²) < 4.78 is 0. The average molecular weight is 382 g/mol. The second kappa shape index (κ2) is 9.09. The van der Waals surface area contributed by atoms with Crippen LogP contribution in [0, 0.1) is 0 Å². The number of aliphatic carboxylic acids is 1. The van der Waals surface area contributed by atoms with Crippen LogP contribution in [-0.2, 0) is 4.79 Å². The zero-order valence-corrected chi connectivity index (χ0v) is 15.7. The van der Waals surface area contributed by atoms with Crippen LogP contribution in [0.5, 0.6) is 0 Å². The number of carboxylic acid groups (broad SMARTS) is 1. The normalized spacial score (nSPS) is 17.8. The van der Waals surface area contributed by atoms with Crippen molar-refractivity contribution in [2.75, 3.05) is 26.7 Å². The molecule has 1 heterocycles. The number of piperidine rings is 1. The number of carbonyl (C=O) groups is 1. The summed E-state index contributed by atoms with van der Waals surface area (Å²) in [6.45, 7) is 4.13. The van der Waals surface area contributed by atoms with Crippen LogP contribution in [0.3, 0.4) is 0 Å². The molecule has 1 aliphatic rings. The van der Waals surface area contributed by atoms with E-state index in [1.165, 1.54) is 0 Å². The SMILES string of the molecule is CC(c1ccc(Cl)cc1Cl)N1CCC(N(C)CC(=O)O)CC1.Cl. The van der Waals surface area contributed by atoms with Crippen LogP contribution in [0.15, 0.2) is 18.2 Å². The molecule has 0 aliphatic carbocycles. The summed E-state index contributed by atoms with van der Waals surface area (Å²) >= 11 is 12.2. The van der Waals surface area contributed by atoms with Crippen LogP contribution >= 0.6 is 35.6 Å².